The van der Waals surface area contributed by atoms with Crippen molar-refractivity contribution in [2.24, 2.45) is 0 Å². The predicted molar refractivity (Wildman–Crippen MR) is 97.9 cm³/mol. The molecule has 0 unspecified atom stereocenters. The van der Waals surface area contributed by atoms with Gasteiger partial charge in [0.25, 0.3) is 10.9 Å². The number of Topliss-reactive ketones (excluding diaryl/α,β-unsaturated/α-hetero) is 1. The van der Waals surface area contributed by atoms with Gasteiger partial charge in [0.05, 0.1) is 21.3 Å². The third kappa shape index (κ3) is 4.21. The van der Waals surface area contributed by atoms with E-state index in [1.54, 1.807) is 18.2 Å². The van der Waals surface area contributed by atoms with E-state index < -0.39 is 4.92 Å². The Hall–Kier alpha value is -2.42. The molecule has 1 heterocycles. The van der Waals surface area contributed by atoms with Gasteiger partial charge in [-0.1, -0.05) is 35.0 Å². The first kappa shape index (κ1) is 18.4. The highest BCUT2D eigenvalue weighted by molar-refractivity contribution is 7.99. The Morgan fingerprint density at radius 2 is 1.88 bits per heavy atom. The number of rotatable bonds is 6. The van der Waals surface area contributed by atoms with Crippen molar-refractivity contribution >= 4 is 46.4 Å². The van der Waals surface area contributed by atoms with Crippen LogP contribution in [0.25, 0.3) is 11.5 Å². The van der Waals surface area contributed by atoms with Gasteiger partial charge in [-0.2, -0.15) is 0 Å². The van der Waals surface area contributed by atoms with Crippen LogP contribution in [0.3, 0.4) is 0 Å². The molecule has 0 saturated carbocycles. The molecule has 0 radical (unpaired) electrons. The summed E-state index contributed by atoms with van der Waals surface area (Å²) in [5.41, 5.74) is 0.830. The first-order valence-corrected chi connectivity index (χ1v) is 8.87. The standard InChI is InChI=1S/C16H9Cl2N3O4S/c17-10-3-6-12(13(18)7-10)15-19-20-16(25-15)26-8-14(22)9-1-4-11(5-2-9)21(23)24/h1-7H,8H2. The van der Waals surface area contributed by atoms with Gasteiger partial charge in [0, 0.05) is 22.7 Å². The zero-order valence-corrected chi connectivity index (χ0v) is 15.2. The minimum Gasteiger partial charge on any atom is -0.411 e. The van der Waals surface area contributed by atoms with Gasteiger partial charge in [-0.05, 0) is 30.3 Å². The van der Waals surface area contributed by atoms with Gasteiger partial charge >= 0.3 is 0 Å². The van der Waals surface area contributed by atoms with Crippen molar-refractivity contribution in [3.8, 4) is 11.5 Å². The predicted octanol–water partition coefficient (Wildman–Crippen LogP) is 4.93. The molecule has 2 aromatic carbocycles. The Labute approximate surface area is 161 Å². The maximum atomic E-state index is 12.2. The molecular formula is C16H9Cl2N3O4S. The van der Waals surface area contributed by atoms with E-state index in [4.69, 9.17) is 27.6 Å². The number of halogens is 2. The van der Waals surface area contributed by atoms with Crippen molar-refractivity contribution in [2.75, 3.05) is 5.75 Å². The second-order valence-electron chi connectivity index (χ2n) is 5.01. The van der Waals surface area contributed by atoms with Crippen LogP contribution in [0.4, 0.5) is 5.69 Å². The topological polar surface area (TPSA) is 99.1 Å². The molecule has 3 aromatic rings. The van der Waals surface area contributed by atoms with Gasteiger partial charge in [-0.15, -0.1) is 10.2 Å². The fraction of sp³-hybridized carbons (Fsp3) is 0.0625. The van der Waals surface area contributed by atoms with E-state index >= 15 is 0 Å². The van der Waals surface area contributed by atoms with Crippen LogP contribution in [-0.2, 0) is 0 Å². The summed E-state index contributed by atoms with van der Waals surface area (Å²) in [5, 5.41) is 19.5. The van der Waals surface area contributed by atoms with Gasteiger partial charge in [0.2, 0.25) is 5.89 Å². The minimum absolute atomic E-state index is 0.0494. The van der Waals surface area contributed by atoms with Crippen LogP contribution < -0.4 is 0 Å². The molecule has 3 rings (SSSR count). The highest BCUT2D eigenvalue weighted by atomic mass is 35.5. The van der Waals surface area contributed by atoms with Crippen molar-refractivity contribution in [2.45, 2.75) is 5.22 Å². The summed E-state index contributed by atoms with van der Waals surface area (Å²) in [5.74, 6) is 0.0551. The number of nitrogens with zero attached hydrogens (tertiary/aromatic N) is 3. The largest absolute Gasteiger partial charge is 0.411 e. The Bertz CT molecular complexity index is 976. The molecule has 10 heteroatoms. The normalized spacial score (nSPS) is 10.7. The van der Waals surface area contributed by atoms with Crippen LogP contribution in [0.2, 0.25) is 10.0 Å². The van der Waals surface area contributed by atoms with Gasteiger partial charge < -0.3 is 4.42 Å². The summed E-state index contributed by atoms with van der Waals surface area (Å²) >= 11 is 13.0. The van der Waals surface area contributed by atoms with Crippen molar-refractivity contribution in [3.05, 3.63) is 68.2 Å². The van der Waals surface area contributed by atoms with Crippen molar-refractivity contribution < 1.29 is 14.1 Å². The molecule has 0 aliphatic carbocycles. The molecule has 0 N–H and O–H groups in total. The number of carbonyl (C=O) groups excluding carboxylic acids is 1. The summed E-state index contributed by atoms with van der Waals surface area (Å²) in [4.78, 5) is 22.3. The van der Waals surface area contributed by atoms with E-state index in [9.17, 15) is 14.9 Å². The zero-order valence-electron chi connectivity index (χ0n) is 12.9. The van der Waals surface area contributed by atoms with Gasteiger partial charge in [0.1, 0.15) is 0 Å². The maximum absolute atomic E-state index is 12.2. The smallest absolute Gasteiger partial charge is 0.277 e. The minimum atomic E-state index is -0.523. The number of thioether (sulfide) groups is 1. The zero-order chi connectivity index (χ0) is 18.7. The maximum Gasteiger partial charge on any atom is 0.277 e. The fourth-order valence-corrected chi connectivity index (χ4v) is 3.17. The number of nitro groups is 1. The summed E-state index contributed by atoms with van der Waals surface area (Å²) in [6, 6.07) is 10.3. The number of hydrogen-bond acceptors (Lipinski definition) is 7. The molecule has 0 fully saturated rings. The Kier molecular flexibility index (Phi) is 5.55. The third-order valence-electron chi connectivity index (χ3n) is 3.29. The first-order chi connectivity index (χ1) is 12.4. The molecule has 132 valence electrons. The van der Waals surface area contributed by atoms with E-state index in [1.165, 1.54) is 24.3 Å². The lowest BCUT2D eigenvalue weighted by Crippen LogP contribution is -2.02. The Morgan fingerprint density at radius 3 is 2.54 bits per heavy atom. The average molecular weight is 410 g/mol. The highest BCUT2D eigenvalue weighted by Gasteiger charge is 2.15. The van der Waals surface area contributed by atoms with Crippen LogP contribution in [0.5, 0.6) is 0 Å². The highest BCUT2D eigenvalue weighted by Crippen LogP contribution is 2.31. The lowest BCUT2D eigenvalue weighted by atomic mass is 10.1. The van der Waals surface area contributed by atoms with E-state index in [0.717, 1.165) is 11.8 Å². The number of non-ortho nitro benzene ring substituents is 1. The molecule has 0 bridgehead atoms. The van der Waals surface area contributed by atoms with Crippen LogP contribution in [0, 0.1) is 10.1 Å². The van der Waals surface area contributed by atoms with Crippen LogP contribution in [-0.4, -0.2) is 26.7 Å². The lowest BCUT2D eigenvalue weighted by molar-refractivity contribution is -0.384. The average Bonchev–Trinajstić information content (AvgIpc) is 3.08. The van der Waals surface area contributed by atoms with E-state index in [1.807, 2.05) is 0 Å². The molecule has 0 aliphatic rings. The number of nitro benzene ring substituents is 1. The molecule has 0 amide bonds. The van der Waals surface area contributed by atoms with Crippen LogP contribution in [0.1, 0.15) is 10.4 Å². The molecule has 0 spiro atoms. The summed E-state index contributed by atoms with van der Waals surface area (Å²) in [6.45, 7) is 0. The fourth-order valence-electron chi connectivity index (χ4n) is 2.02. The number of carbonyl (C=O) groups is 1. The van der Waals surface area contributed by atoms with Crippen LogP contribution in [0.15, 0.2) is 52.1 Å². The SMILES string of the molecule is O=C(CSc1nnc(-c2ccc(Cl)cc2Cl)o1)c1ccc([N+](=O)[O-])cc1. The Balaban J connectivity index is 1.66. The van der Waals surface area contributed by atoms with E-state index in [0.29, 0.717) is 21.2 Å². The van der Waals surface area contributed by atoms with Crippen LogP contribution >= 0.6 is 35.0 Å². The first-order valence-electron chi connectivity index (χ1n) is 7.13. The molecule has 0 aliphatic heterocycles. The summed E-state index contributed by atoms with van der Waals surface area (Å²) in [7, 11) is 0. The molecule has 0 saturated heterocycles. The lowest BCUT2D eigenvalue weighted by Gasteiger charge is -2.00. The summed E-state index contributed by atoms with van der Waals surface area (Å²) in [6.07, 6.45) is 0. The molecule has 1 aromatic heterocycles. The second kappa shape index (κ2) is 7.86. The summed E-state index contributed by atoms with van der Waals surface area (Å²) < 4.78 is 5.50. The molecule has 7 nitrogen and oxygen atoms in total. The Morgan fingerprint density at radius 1 is 1.15 bits per heavy atom. The number of aromatic nitrogens is 2. The van der Waals surface area contributed by atoms with Crippen molar-refractivity contribution in [1.82, 2.24) is 10.2 Å². The monoisotopic (exact) mass is 409 g/mol. The molecular weight excluding hydrogens is 401 g/mol. The third-order valence-corrected chi connectivity index (χ3v) is 4.66. The van der Waals surface area contributed by atoms with Gasteiger partial charge in [-0.25, -0.2) is 0 Å². The van der Waals surface area contributed by atoms with E-state index in [2.05, 4.69) is 10.2 Å². The number of ketones is 1. The number of hydrogen-bond donors (Lipinski definition) is 0. The van der Waals surface area contributed by atoms with Crippen molar-refractivity contribution in [1.29, 1.82) is 0 Å². The van der Waals surface area contributed by atoms with E-state index in [-0.39, 0.29) is 28.3 Å². The van der Waals surface area contributed by atoms with Crippen molar-refractivity contribution in [3.63, 3.8) is 0 Å². The number of benzene rings is 2. The van der Waals surface area contributed by atoms with Gasteiger partial charge in [-0.3, -0.25) is 14.9 Å². The molecule has 26 heavy (non-hydrogen) atoms. The second-order valence-corrected chi connectivity index (χ2v) is 6.78. The quantitative estimate of drug-likeness (QED) is 0.246. The van der Waals surface area contributed by atoms with Gasteiger partial charge in [0.15, 0.2) is 5.78 Å². The molecule has 0 atom stereocenters.